The Labute approximate surface area is 182 Å². The van der Waals surface area contributed by atoms with E-state index in [0.29, 0.717) is 11.9 Å². The number of aliphatic imine (C=N–C) groups is 2. The molecule has 5 rings (SSSR count). The third kappa shape index (κ3) is 3.76. The topological polar surface area (TPSA) is 60.4 Å². The van der Waals surface area contributed by atoms with Gasteiger partial charge in [-0.15, -0.1) is 71.4 Å². The molecule has 3 aromatic rings. The van der Waals surface area contributed by atoms with Crippen LogP contribution < -0.4 is 0 Å². The van der Waals surface area contributed by atoms with Crippen LogP contribution in [0.1, 0.15) is 11.4 Å². The quantitative estimate of drug-likeness (QED) is 0.270. The van der Waals surface area contributed by atoms with Crippen LogP contribution in [0.5, 0.6) is 0 Å². The monoisotopic (exact) mass is 559 g/mol. The van der Waals surface area contributed by atoms with E-state index in [1.54, 1.807) is 12.4 Å². The summed E-state index contributed by atoms with van der Waals surface area (Å²) in [4.78, 5) is 18.2. The molecule has 0 radical (unpaired) electrons. The molecule has 144 valence electrons. The van der Waals surface area contributed by atoms with Crippen LogP contribution in [0.25, 0.3) is 21.8 Å². The molecule has 1 aromatic heterocycles. The number of hydrogen-bond acceptors (Lipinski definition) is 4. The molecular formula is C22H16N6Pt. The van der Waals surface area contributed by atoms with Gasteiger partial charge in [-0.1, -0.05) is 0 Å². The minimum absolute atomic E-state index is 0. The number of benzene rings is 2. The van der Waals surface area contributed by atoms with Gasteiger partial charge in [0.1, 0.15) is 0 Å². The van der Waals surface area contributed by atoms with Crippen LogP contribution in [0.3, 0.4) is 0 Å². The third-order valence-electron chi connectivity index (χ3n) is 4.62. The largest absolute Gasteiger partial charge is 2.00 e. The zero-order chi connectivity index (χ0) is 19.1. The van der Waals surface area contributed by atoms with Gasteiger partial charge in [0.15, 0.2) is 0 Å². The van der Waals surface area contributed by atoms with Gasteiger partial charge in [0, 0.05) is 37.9 Å². The maximum atomic E-state index is 4.63. The Morgan fingerprint density at radius 1 is 0.690 bits per heavy atom. The minimum atomic E-state index is 0. The van der Waals surface area contributed by atoms with Gasteiger partial charge in [0.2, 0.25) is 11.9 Å². The first-order chi connectivity index (χ1) is 13.7. The zero-order valence-electron chi connectivity index (χ0n) is 15.8. The van der Waals surface area contributed by atoms with Crippen molar-refractivity contribution in [3.05, 3.63) is 72.1 Å². The van der Waals surface area contributed by atoms with Crippen molar-refractivity contribution in [2.24, 2.45) is 24.1 Å². The van der Waals surface area contributed by atoms with E-state index in [0.717, 1.165) is 33.2 Å². The van der Waals surface area contributed by atoms with Crippen molar-refractivity contribution in [3.8, 4) is 0 Å². The molecule has 0 saturated heterocycles. The number of rotatable bonds is 0. The fraction of sp³-hybridized carbons (Fsp3) is 0.0909. The number of fused-ring (bicyclic) bond motifs is 8. The van der Waals surface area contributed by atoms with E-state index < -0.39 is 0 Å². The molecule has 3 heterocycles. The van der Waals surface area contributed by atoms with Crippen molar-refractivity contribution < 1.29 is 21.1 Å². The van der Waals surface area contributed by atoms with Gasteiger partial charge in [-0.05, 0) is 11.0 Å². The average molecular weight is 559 g/mol. The summed E-state index contributed by atoms with van der Waals surface area (Å²) < 4.78 is 3.83. The Bertz CT molecular complexity index is 1240. The standard InChI is InChI=1S/C22H16N6.Pt/c1-27-19-7-3-5-15(11-19)9-18-14-24-22(26-18)28(2)20-8-4-6-16(12-20)10-17-13-23-21(27)25-17;/h3-10,13-14H,1-2H3;/q-2;+2. The van der Waals surface area contributed by atoms with Crippen LogP contribution >= 0.6 is 0 Å². The first kappa shape index (κ1) is 19.2. The predicted molar refractivity (Wildman–Crippen MR) is 111 cm³/mol. The maximum absolute atomic E-state index is 4.63. The summed E-state index contributed by atoms with van der Waals surface area (Å²) in [6, 6.07) is 22.6. The van der Waals surface area contributed by atoms with E-state index in [2.05, 4.69) is 32.1 Å². The van der Waals surface area contributed by atoms with Gasteiger partial charge in [0.25, 0.3) is 0 Å². The zero-order valence-corrected chi connectivity index (χ0v) is 18.0. The molecule has 29 heavy (non-hydrogen) atoms. The molecule has 0 saturated carbocycles. The van der Waals surface area contributed by atoms with Crippen molar-refractivity contribution in [2.45, 2.75) is 0 Å². The molecule has 6 nitrogen and oxygen atoms in total. The van der Waals surface area contributed by atoms with Crippen molar-refractivity contribution in [1.29, 1.82) is 0 Å². The summed E-state index contributed by atoms with van der Waals surface area (Å²) in [7, 11) is 3.86. The molecule has 2 aromatic carbocycles. The van der Waals surface area contributed by atoms with Gasteiger partial charge in [0.05, 0.1) is 0 Å². The number of aryl methyl sites for hydroxylation is 2. The Morgan fingerprint density at radius 3 is 1.59 bits per heavy atom. The van der Waals surface area contributed by atoms with Gasteiger partial charge in [-0.25, -0.2) is 20.0 Å². The van der Waals surface area contributed by atoms with Crippen LogP contribution in [0.2, 0.25) is 0 Å². The maximum Gasteiger partial charge on any atom is 2.00 e. The molecule has 0 N–H and O–H groups in total. The van der Waals surface area contributed by atoms with Gasteiger partial charge in [-0.2, -0.15) is 0 Å². The van der Waals surface area contributed by atoms with Crippen LogP contribution in [-0.4, -0.2) is 31.5 Å². The van der Waals surface area contributed by atoms with Gasteiger partial charge >= 0.3 is 21.1 Å². The summed E-state index contributed by atoms with van der Waals surface area (Å²) in [6.45, 7) is 0. The van der Waals surface area contributed by atoms with Gasteiger partial charge in [-0.3, -0.25) is 0 Å². The molecule has 7 heteroatoms. The second-order valence-corrected chi connectivity index (χ2v) is 6.58. The summed E-state index contributed by atoms with van der Waals surface area (Å²) >= 11 is 0. The van der Waals surface area contributed by atoms with E-state index >= 15 is 0 Å². The van der Waals surface area contributed by atoms with Gasteiger partial charge < -0.3 is 9.13 Å². The van der Waals surface area contributed by atoms with E-state index in [1.807, 2.05) is 71.8 Å². The Hall–Kier alpha value is -3.11. The second kappa shape index (κ2) is 7.72. The van der Waals surface area contributed by atoms with Crippen LogP contribution in [0.15, 0.2) is 58.5 Å². The minimum Gasteiger partial charge on any atom is -0.331 e. The number of hydrogen-bond donors (Lipinski definition) is 0. The fourth-order valence-electron chi connectivity index (χ4n) is 3.10. The summed E-state index contributed by atoms with van der Waals surface area (Å²) in [5.41, 5.74) is 3.31. The SMILES string of the molecule is Cn1c2nc(cc3[c-]c(ccc3)n(C)c3nc(cc4[c-]c1ccc4)C=N3)C=N2.[Pt+2]. The number of nitrogens with zero attached hydrogens (tertiary/aromatic N) is 6. The fourth-order valence-corrected chi connectivity index (χ4v) is 3.10. The Kier molecular flexibility index (Phi) is 5.12. The Morgan fingerprint density at radius 2 is 1.14 bits per heavy atom. The summed E-state index contributed by atoms with van der Waals surface area (Å²) in [5, 5.41) is 1.83. The van der Waals surface area contributed by atoms with Crippen LogP contribution in [0, 0.1) is 12.1 Å². The Balaban J connectivity index is 0.00000205. The third-order valence-corrected chi connectivity index (χ3v) is 4.62. The molecule has 2 aliphatic rings. The van der Waals surface area contributed by atoms with Crippen molar-refractivity contribution >= 4 is 46.1 Å². The van der Waals surface area contributed by atoms with E-state index in [4.69, 9.17) is 0 Å². The van der Waals surface area contributed by atoms with Crippen molar-refractivity contribution in [3.63, 3.8) is 0 Å². The first-order valence-electron chi connectivity index (χ1n) is 8.87. The van der Waals surface area contributed by atoms with Crippen molar-refractivity contribution in [1.82, 2.24) is 19.1 Å². The molecule has 0 amide bonds. The van der Waals surface area contributed by atoms with E-state index in [9.17, 15) is 0 Å². The number of aromatic nitrogens is 4. The first-order valence-corrected chi connectivity index (χ1v) is 8.87. The molecule has 0 aliphatic carbocycles. The molecule has 0 atom stereocenters. The summed E-state index contributed by atoms with van der Waals surface area (Å²) in [6.07, 6.45) is 3.52. The van der Waals surface area contributed by atoms with E-state index in [1.165, 1.54) is 0 Å². The molecule has 2 aliphatic heterocycles. The molecule has 0 fully saturated rings. The molecule has 8 bridgehead atoms. The molecule has 0 unspecified atom stereocenters. The van der Waals surface area contributed by atoms with Crippen LogP contribution in [0.4, 0.5) is 11.9 Å². The predicted octanol–water partition coefficient (Wildman–Crippen LogP) is 4.00. The average Bonchev–Trinajstić information content (AvgIpc) is 3.36. The second-order valence-electron chi connectivity index (χ2n) is 6.58. The molecular weight excluding hydrogens is 543 g/mol. The van der Waals surface area contributed by atoms with Crippen LogP contribution in [-0.2, 0) is 35.2 Å². The summed E-state index contributed by atoms with van der Waals surface area (Å²) in [5.74, 6) is 1.24. The molecule has 0 spiro atoms. The van der Waals surface area contributed by atoms with Crippen molar-refractivity contribution in [2.75, 3.05) is 0 Å². The normalized spacial score (nSPS) is 11.9. The van der Waals surface area contributed by atoms with E-state index in [-0.39, 0.29) is 21.1 Å². The smallest absolute Gasteiger partial charge is 0.331 e.